The summed E-state index contributed by atoms with van der Waals surface area (Å²) in [6.45, 7) is 10.6. The lowest BCUT2D eigenvalue weighted by Crippen LogP contribution is -2.54. The van der Waals surface area contributed by atoms with Gasteiger partial charge in [-0.05, 0) is 162 Å². The van der Waals surface area contributed by atoms with Gasteiger partial charge in [0, 0.05) is 85.8 Å². The summed E-state index contributed by atoms with van der Waals surface area (Å²) >= 11 is 1.42. The van der Waals surface area contributed by atoms with Gasteiger partial charge in [-0.3, -0.25) is 14.6 Å². The van der Waals surface area contributed by atoms with Crippen LogP contribution in [0.1, 0.15) is 112 Å². The summed E-state index contributed by atoms with van der Waals surface area (Å²) in [5, 5.41) is 3.00. The fraction of sp³-hybridized carbons (Fsp3) is 0.519. The highest BCUT2D eigenvalue weighted by Gasteiger charge is 2.51. The Balaban J connectivity index is 0.827. The number of benzene rings is 4. The standard InChI is InChI=1S/C54H67F3N6O7S3/c1-52(2,3)70-51(65)62-32-30-60(31-33-62)27-23-40(37-71-43-10-5-4-6-11-43)58-47-22-21-44(34-49(47)72(66,67)54(55,56)57)73(68,69)59-50(64)39-17-19-41(20-18-39)61-28-24-53(25-29-61)35-42(36-53)63-26-9-14-48(63)46-13-8-7-12-45(46)38-15-16-38/h4-8,10-13,17-22,34,38,40,42,48,58H,9,14-16,23-33,35-37H2,1-3H3,(H,59,64). The number of piperidine rings is 1. The maximum absolute atomic E-state index is 14.3. The van der Waals surface area contributed by atoms with Crippen LogP contribution in [0.25, 0.3) is 0 Å². The van der Waals surface area contributed by atoms with Crippen LogP contribution in [0.4, 0.5) is 29.3 Å². The van der Waals surface area contributed by atoms with Crippen molar-refractivity contribution in [1.29, 1.82) is 0 Å². The number of amides is 2. The van der Waals surface area contributed by atoms with E-state index in [0.717, 1.165) is 61.1 Å². The fourth-order valence-corrected chi connectivity index (χ4v) is 14.1. The first-order valence-electron chi connectivity index (χ1n) is 25.5. The molecule has 3 saturated heterocycles. The van der Waals surface area contributed by atoms with Crippen LogP contribution in [0.3, 0.4) is 0 Å². The summed E-state index contributed by atoms with van der Waals surface area (Å²) in [6, 6.07) is 27.9. The molecule has 394 valence electrons. The largest absolute Gasteiger partial charge is 0.501 e. The molecule has 5 aliphatic rings. The molecule has 9 rings (SSSR count). The zero-order valence-corrected chi connectivity index (χ0v) is 44.2. The molecule has 0 bridgehead atoms. The average Bonchev–Trinajstić information content (AvgIpc) is 4.09. The number of anilines is 2. The number of rotatable bonds is 16. The second-order valence-electron chi connectivity index (χ2n) is 21.5. The number of nitrogens with one attached hydrogen (secondary N) is 2. The van der Waals surface area contributed by atoms with Crippen LogP contribution in [0.15, 0.2) is 112 Å². The maximum Gasteiger partial charge on any atom is 0.501 e. The first-order valence-corrected chi connectivity index (χ1v) is 29.5. The number of halogens is 3. The summed E-state index contributed by atoms with van der Waals surface area (Å²) in [4.78, 5) is 33.7. The number of alkyl halides is 3. The smallest absolute Gasteiger partial charge is 0.444 e. The molecule has 0 aromatic heterocycles. The van der Waals surface area contributed by atoms with E-state index >= 15 is 0 Å². The number of hydrogen-bond acceptors (Lipinski definition) is 12. The lowest BCUT2D eigenvalue weighted by molar-refractivity contribution is -0.0436. The minimum atomic E-state index is -6.10. The van der Waals surface area contributed by atoms with Crippen molar-refractivity contribution < 1.29 is 44.3 Å². The van der Waals surface area contributed by atoms with E-state index in [-0.39, 0.29) is 5.56 Å². The molecule has 73 heavy (non-hydrogen) atoms. The predicted octanol–water partition coefficient (Wildman–Crippen LogP) is 10.1. The first kappa shape index (κ1) is 53.0. The molecule has 2 unspecified atom stereocenters. The molecule has 3 aliphatic heterocycles. The van der Waals surface area contributed by atoms with E-state index in [1.54, 1.807) is 43.4 Å². The van der Waals surface area contributed by atoms with Crippen molar-refractivity contribution in [2.75, 3.05) is 68.3 Å². The zero-order chi connectivity index (χ0) is 51.8. The minimum Gasteiger partial charge on any atom is -0.444 e. The minimum absolute atomic E-state index is 0.0116. The zero-order valence-electron chi connectivity index (χ0n) is 41.8. The number of piperazine rings is 1. The Morgan fingerprint density at radius 2 is 1.45 bits per heavy atom. The molecule has 13 nitrogen and oxygen atoms in total. The van der Waals surface area contributed by atoms with Crippen molar-refractivity contribution in [1.82, 2.24) is 19.4 Å². The number of thioether (sulfide) groups is 1. The van der Waals surface area contributed by atoms with Gasteiger partial charge in [-0.15, -0.1) is 11.8 Å². The average molecular weight is 1070 g/mol. The SMILES string of the molecule is CC(C)(C)OC(=O)N1CCN(CCC(CSc2ccccc2)Nc2ccc(S(=O)(=O)NC(=O)c3ccc(N4CCC5(CC4)CC(N4CCCC4c4ccccc4C4CC4)C5)cc3)cc2S(=O)(=O)C(F)(F)F)CC1. The molecule has 1 spiro atoms. The van der Waals surface area contributed by atoms with Crippen LogP contribution in [-0.4, -0.2) is 125 Å². The Hall–Kier alpha value is -4.82. The van der Waals surface area contributed by atoms with Crippen molar-refractivity contribution in [3.8, 4) is 0 Å². The fourth-order valence-electron chi connectivity index (χ4n) is 11.1. The van der Waals surface area contributed by atoms with Crippen molar-refractivity contribution in [3.05, 3.63) is 114 Å². The second kappa shape index (κ2) is 21.4. The van der Waals surface area contributed by atoms with Crippen LogP contribution < -0.4 is 14.9 Å². The summed E-state index contributed by atoms with van der Waals surface area (Å²) in [5.41, 5.74) is -2.53. The highest BCUT2D eigenvalue weighted by atomic mass is 32.2. The molecule has 4 aromatic rings. The molecule has 2 amide bonds. The van der Waals surface area contributed by atoms with Crippen molar-refractivity contribution in [2.24, 2.45) is 5.41 Å². The number of nitrogens with zero attached hydrogens (tertiary/aromatic N) is 4. The van der Waals surface area contributed by atoms with Gasteiger partial charge in [0.25, 0.3) is 25.8 Å². The van der Waals surface area contributed by atoms with Crippen LogP contribution in [-0.2, 0) is 24.6 Å². The van der Waals surface area contributed by atoms with Gasteiger partial charge in [-0.2, -0.15) is 13.2 Å². The lowest BCUT2D eigenvalue weighted by Gasteiger charge is -2.56. The predicted molar refractivity (Wildman–Crippen MR) is 278 cm³/mol. The van der Waals surface area contributed by atoms with E-state index in [1.807, 2.05) is 35.1 Å². The third-order valence-corrected chi connectivity index (χ3v) is 19.3. The Bertz CT molecular complexity index is 2820. The van der Waals surface area contributed by atoms with Gasteiger partial charge in [0.05, 0.1) is 10.6 Å². The summed E-state index contributed by atoms with van der Waals surface area (Å²) in [6.07, 6.45) is 9.52. The Morgan fingerprint density at radius 3 is 2.10 bits per heavy atom. The molecule has 19 heteroatoms. The van der Waals surface area contributed by atoms with E-state index in [0.29, 0.717) is 68.5 Å². The third-order valence-electron chi connectivity index (χ3n) is 15.2. The molecule has 2 N–H and O–H groups in total. The highest BCUT2D eigenvalue weighted by molar-refractivity contribution is 7.99. The molecule has 2 atom stereocenters. The molecule has 0 radical (unpaired) electrons. The summed E-state index contributed by atoms with van der Waals surface area (Å²) in [5.74, 6) is 0.0280. The third kappa shape index (κ3) is 12.5. The number of hydrogen-bond donors (Lipinski definition) is 2. The number of ether oxygens (including phenoxy) is 1. The van der Waals surface area contributed by atoms with E-state index in [9.17, 15) is 39.6 Å². The normalized spacial score (nSPS) is 20.7. The number of likely N-dealkylation sites (tertiary alicyclic amines) is 1. The Kier molecular flexibility index (Phi) is 15.6. The number of carbonyl (C=O) groups excluding carboxylic acids is 2. The van der Waals surface area contributed by atoms with Gasteiger partial charge in [0.15, 0.2) is 0 Å². The molecular formula is C54H67F3N6O7S3. The van der Waals surface area contributed by atoms with E-state index in [2.05, 4.69) is 44.3 Å². The topological polar surface area (TPSA) is 149 Å². The van der Waals surface area contributed by atoms with Crippen molar-refractivity contribution in [2.45, 2.75) is 128 Å². The van der Waals surface area contributed by atoms with Gasteiger partial charge >= 0.3 is 11.6 Å². The summed E-state index contributed by atoms with van der Waals surface area (Å²) in [7, 11) is -11.0. The molecule has 2 aliphatic carbocycles. The molecule has 5 fully saturated rings. The van der Waals surface area contributed by atoms with Gasteiger partial charge in [-0.25, -0.2) is 26.4 Å². The van der Waals surface area contributed by atoms with Crippen molar-refractivity contribution in [3.63, 3.8) is 0 Å². The van der Waals surface area contributed by atoms with Gasteiger partial charge < -0.3 is 19.9 Å². The van der Waals surface area contributed by atoms with Gasteiger partial charge in [-0.1, -0.05) is 42.5 Å². The van der Waals surface area contributed by atoms with Gasteiger partial charge in [0.2, 0.25) is 0 Å². The van der Waals surface area contributed by atoms with Gasteiger partial charge in [0.1, 0.15) is 10.5 Å². The summed E-state index contributed by atoms with van der Waals surface area (Å²) < 4.78 is 104. The van der Waals surface area contributed by atoms with Crippen LogP contribution in [0.5, 0.6) is 0 Å². The molecular weight excluding hydrogens is 998 g/mol. The molecule has 2 saturated carbocycles. The number of sulfonamides is 1. The first-order chi connectivity index (χ1) is 34.7. The van der Waals surface area contributed by atoms with Crippen LogP contribution >= 0.6 is 11.8 Å². The maximum atomic E-state index is 14.3. The van der Waals surface area contributed by atoms with Crippen LogP contribution in [0.2, 0.25) is 0 Å². The Morgan fingerprint density at radius 1 is 0.795 bits per heavy atom. The van der Waals surface area contributed by atoms with E-state index < -0.39 is 64.5 Å². The van der Waals surface area contributed by atoms with E-state index in [4.69, 9.17) is 4.74 Å². The lowest BCUT2D eigenvalue weighted by atomic mass is 9.59. The van der Waals surface area contributed by atoms with E-state index in [1.165, 1.54) is 68.0 Å². The molecule has 4 aromatic carbocycles. The molecule has 3 heterocycles. The number of sulfone groups is 1. The Labute approximate surface area is 432 Å². The monoisotopic (exact) mass is 1060 g/mol. The van der Waals surface area contributed by atoms with Crippen molar-refractivity contribution >= 4 is 55.0 Å². The number of carbonyl (C=O) groups is 2. The second-order valence-corrected chi connectivity index (χ2v) is 26.2. The highest BCUT2D eigenvalue weighted by Crippen LogP contribution is 2.55. The quantitative estimate of drug-likeness (QED) is 0.103. The van der Waals surface area contributed by atoms with Crippen LogP contribution in [0, 0.1) is 5.41 Å².